The lowest BCUT2D eigenvalue weighted by molar-refractivity contribution is 0.355. The predicted octanol–water partition coefficient (Wildman–Crippen LogP) is 4.63. The smallest absolute Gasteiger partial charge is 0.161 e. The van der Waals surface area contributed by atoms with Gasteiger partial charge >= 0.3 is 0 Å². The van der Waals surface area contributed by atoms with Crippen LogP contribution in [0.3, 0.4) is 0 Å². The van der Waals surface area contributed by atoms with Gasteiger partial charge in [-0.05, 0) is 61.2 Å². The van der Waals surface area contributed by atoms with E-state index in [-0.39, 0.29) is 0 Å². The summed E-state index contributed by atoms with van der Waals surface area (Å²) in [4.78, 5) is 3.49. The van der Waals surface area contributed by atoms with Gasteiger partial charge in [0.25, 0.3) is 0 Å². The molecule has 2 heterocycles. The van der Waals surface area contributed by atoms with E-state index in [9.17, 15) is 5.26 Å². The van der Waals surface area contributed by atoms with E-state index in [1.807, 2.05) is 24.3 Å². The lowest BCUT2D eigenvalue weighted by Crippen LogP contribution is -2.28. The van der Waals surface area contributed by atoms with Crippen molar-refractivity contribution < 1.29 is 9.47 Å². The molecule has 25 heavy (non-hydrogen) atoms. The average molecular weight is 353 g/mol. The molecule has 5 heteroatoms. The lowest BCUT2D eigenvalue weighted by Gasteiger charge is -2.26. The number of ether oxygens (including phenoxy) is 2. The van der Waals surface area contributed by atoms with Crippen LogP contribution in [-0.2, 0) is 0 Å². The molecule has 1 aromatic heterocycles. The highest BCUT2D eigenvalue weighted by molar-refractivity contribution is 7.17. The second kappa shape index (κ2) is 8.09. The van der Waals surface area contributed by atoms with Crippen molar-refractivity contribution in [1.29, 1.82) is 5.26 Å². The molecule has 0 bridgehead atoms. The highest BCUT2D eigenvalue weighted by Gasteiger charge is 2.13. The summed E-state index contributed by atoms with van der Waals surface area (Å²) < 4.78 is 10.6. The van der Waals surface area contributed by atoms with Crippen LogP contribution >= 0.6 is 11.3 Å². The van der Waals surface area contributed by atoms with E-state index in [0.29, 0.717) is 17.1 Å². The minimum absolute atomic E-state index is 0.612. The molecule has 1 fully saturated rings. The number of methoxy groups -OCH3 is 2. The first kappa shape index (κ1) is 17.4. The van der Waals surface area contributed by atoms with Crippen molar-refractivity contribution in [3.05, 3.63) is 47.2 Å². The monoisotopic (exact) mass is 353 g/mol. The number of piperidine rings is 1. The average Bonchev–Trinajstić information content (AvgIpc) is 3.15. The Morgan fingerprint density at radius 2 is 1.88 bits per heavy atom. The Bertz CT molecular complexity index is 798. The van der Waals surface area contributed by atoms with Crippen molar-refractivity contribution in [2.24, 2.45) is 0 Å². The van der Waals surface area contributed by atoms with Crippen molar-refractivity contribution in [2.75, 3.05) is 32.2 Å². The second-order valence-corrected chi connectivity index (χ2v) is 6.86. The Kier molecular flexibility index (Phi) is 5.62. The fraction of sp³-hybridized carbons (Fsp3) is 0.300. The number of anilines is 1. The van der Waals surface area contributed by atoms with Gasteiger partial charge in [0.1, 0.15) is 0 Å². The number of rotatable bonds is 5. The van der Waals surface area contributed by atoms with Crippen molar-refractivity contribution in [2.45, 2.75) is 12.8 Å². The van der Waals surface area contributed by atoms with Crippen molar-refractivity contribution in [1.82, 2.24) is 0 Å². The first-order chi connectivity index (χ1) is 12.2. The number of benzene rings is 1. The van der Waals surface area contributed by atoms with Crippen LogP contribution in [0.25, 0.3) is 11.6 Å². The van der Waals surface area contributed by atoms with Crippen LogP contribution < -0.4 is 14.4 Å². The summed E-state index contributed by atoms with van der Waals surface area (Å²) in [7, 11) is 3.20. The van der Waals surface area contributed by atoms with Gasteiger partial charge in [0.2, 0.25) is 0 Å². The van der Waals surface area contributed by atoms with Crippen LogP contribution in [-0.4, -0.2) is 27.3 Å². The van der Waals surface area contributed by atoms with E-state index in [0.717, 1.165) is 36.4 Å². The molecule has 0 saturated carbocycles. The Labute approximate surface area is 152 Å². The van der Waals surface area contributed by atoms with E-state index >= 15 is 0 Å². The summed E-state index contributed by atoms with van der Waals surface area (Å²) in [6.07, 6.45) is 6.55. The Balaban J connectivity index is 1.86. The van der Waals surface area contributed by atoms with E-state index in [4.69, 9.17) is 9.47 Å². The maximum Gasteiger partial charge on any atom is 0.161 e. The van der Waals surface area contributed by atoms with Gasteiger partial charge in [-0.15, -0.1) is 11.3 Å². The van der Waals surface area contributed by atoms with Gasteiger partial charge in [-0.3, -0.25) is 0 Å². The number of nitriles is 1. The molecular formula is C20H21N2O2S. The Morgan fingerprint density at radius 1 is 1.12 bits per heavy atom. The Hall–Kier alpha value is -2.45. The molecule has 1 radical (unpaired) electrons. The molecule has 0 atom stereocenters. The largest absolute Gasteiger partial charge is 0.493 e. The molecule has 0 aliphatic carbocycles. The van der Waals surface area contributed by atoms with Crippen molar-refractivity contribution in [3.63, 3.8) is 0 Å². The van der Waals surface area contributed by atoms with E-state index in [1.54, 1.807) is 25.6 Å². The zero-order chi connectivity index (χ0) is 17.6. The van der Waals surface area contributed by atoms with E-state index in [1.165, 1.54) is 5.00 Å². The molecule has 1 aliphatic heterocycles. The van der Waals surface area contributed by atoms with Crippen molar-refractivity contribution >= 4 is 28.0 Å². The van der Waals surface area contributed by atoms with Crippen LogP contribution in [0.5, 0.6) is 11.5 Å². The molecule has 0 N–H and O–H groups in total. The third-order valence-corrected chi connectivity index (χ3v) is 5.33. The van der Waals surface area contributed by atoms with Crippen LogP contribution in [0.2, 0.25) is 0 Å². The fourth-order valence-corrected chi connectivity index (χ4v) is 3.89. The fourth-order valence-electron chi connectivity index (χ4n) is 2.89. The number of nitrogens with zero attached hydrogens (tertiary/aromatic N) is 2. The molecule has 1 aliphatic rings. The number of allylic oxidation sites excluding steroid dienone is 1. The number of thiophene rings is 1. The molecule has 3 rings (SSSR count). The van der Waals surface area contributed by atoms with Crippen LogP contribution in [0.15, 0.2) is 30.3 Å². The summed E-state index contributed by atoms with van der Waals surface area (Å²) in [5, 5.41) is 10.9. The van der Waals surface area contributed by atoms with Gasteiger partial charge in [0.05, 0.1) is 30.9 Å². The maximum absolute atomic E-state index is 9.59. The van der Waals surface area contributed by atoms with E-state index < -0.39 is 0 Å². The summed E-state index contributed by atoms with van der Waals surface area (Å²) >= 11 is 1.72. The van der Waals surface area contributed by atoms with Gasteiger partial charge in [0.15, 0.2) is 11.5 Å². The molecule has 1 saturated heterocycles. The second-order valence-electron chi connectivity index (χ2n) is 5.77. The van der Waals surface area contributed by atoms with Gasteiger partial charge < -0.3 is 14.4 Å². The first-order valence-electron chi connectivity index (χ1n) is 8.26. The maximum atomic E-state index is 9.59. The number of hydrogen-bond donors (Lipinski definition) is 0. The number of hydrogen-bond acceptors (Lipinski definition) is 5. The zero-order valence-electron chi connectivity index (χ0n) is 14.5. The molecule has 2 aromatic rings. The topological polar surface area (TPSA) is 45.5 Å². The van der Waals surface area contributed by atoms with Gasteiger partial charge in [-0.2, -0.15) is 5.26 Å². The van der Waals surface area contributed by atoms with Crippen LogP contribution in [0.4, 0.5) is 5.00 Å². The molecular weight excluding hydrogens is 332 g/mol. The summed E-state index contributed by atoms with van der Waals surface area (Å²) in [5.74, 6) is 1.28. The minimum atomic E-state index is 0.612. The quantitative estimate of drug-likeness (QED) is 0.735. The molecule has 129 valence electrons. The molecule has 0 spiro atoms. The van der Waals surface area contributed by atoms with Crippen LogP contribution in [0.1, 0.15) is 23.3 Å². The summed E-state index contributed by atoms with van der Waals surface area (Å²) in [5.41, 5.74) is 1.43. The van der Waals surface area contributed by atoms with Crippen LogP contribution in [0, 0.1) is 17.8 Å². The summed E-state index contributed by atoms with van der Waals surface area (Å²) in [6.45, 7) is 2.15. The van der Waals surface area contributed by atoms with E-state index in [2.05, 4.69) is 29.5 Å². The minimum Gasteiger partial charge on any atom is -0.493 e. The first-order valence-corrected chi connectivity index (χ1v) is 9.07. The normalized spacial score (nSPS) is 14.9. The third-order valence-electron chi connectivity index (χ3n) is 4.23. The molecule has 0 amide bonds. The van der Waals surface area contributed by atoms with Crippen molar-refractivity contribution in [3.8, 4) is 17.6 Å². The Morgan fingerprint density at radius 3 is 2.56 bits per heavy atom. The standard InChI is InChI=1S/C20H21N2O2S/c1-23-18-8-6-15(13-19(18)24-2)16(14-21)12-17-7-9-20(25-17)22-10-4-3-5-11-22/h3,6-9,12-13H,4-5,10-11H2,1-2H3/b16-12+. The van der Waals surface area contributed by atoms with Gasteiger partial charge in [0, 0.05) is 18.0 Å². The summed E-state index contributed by atoms with van der Waals surface area (Å²) in [6, 6.07) is 12.1. The lowest BCUT2D eigenvalue weighted by atomic mass is 10.1. The van der Waals surface area contributed by atoms with Gasteiger partial charge in [-0.25, -0.2) is 0 Å². The van der Waals surface area contributed by atoms with Gasteiger partial charge in [-0.1, -0.05) is 0 Å². The highest BCUT2D eigenvalue weighted by atomic mass is 32.1. The predicted molar refractivity (Wildman–Crippen MR) is 103 cm³/mol. The zero-order valence-corrected chi connectivity index (χ0v) is 15.3. The third kappa shape index (κ3) is 3.97. The highest BCUT2D eigenvalue weighted by Crippen LogP contribution is 2.33. The molecule has 1 aromatic carbocycles. The SMILES string of the molecule is COc1ccc(/C(C#N)=C/c2ccc(N3CC[CH]CC3)s2)cc1OC. The molecule has 0 unspecified atom stereocenters. The molecule has 4 nitrogen and oxygen atoms in total.